The number of nitro groups is 1. The number of rotatable bonds is 11. The van der Waals surface area contributed by atoms with Crippen molar-refractivity contribution in [1.82, 2.24) is 4.98 Å². The molecule has 0 aliphatic heterocycles. The zero-order valence-electron chi connectivity index (χ0n) is 14.3. The standard InChI is InChI=1S/C18H21N3O5/c22-18(8-4-12-25-16-6-2-1-3-7-16)26-13-5-11-19-17-10-9-15(14-20-17)21(23)24/h1-3,6-7,9-10,14H,4-5,8,11-13H2,(H,19,20). The second-order valence-electron chi connectivity index (χ2n) is 5.42. The number of nitrogens with one attached hydrogen (secondary N) is 1. The molecule has 138 valence electrons. The van der Waals surface area contributed by atoms with Crippen LogP contribution < -0.4 is 10.1 Å². The minimum atomic E-state index is -0.499. The monoisotopic (exact) mass is 359 g/mol. The molecule has 0 atom stereocenters. The highest BCUT2D eigenvalue weighted by molar-refractivity contribution is 5.69. The Morgan fingerprint density at radius 3 is 2.62 bits per heavy atom. The number of carbonyl (C=O) groups excluding carboxylic acids is 1. The summed E-state index contributed by atoms with van der Waals surface area (Å²) in [6.45, 7) is 1.32. The lowest BCUT2D eigenvalue weighted by molar-refractivity contribution is -0.385. The second-order valence-corrected chi connectivity index (χ2v) is 5.42. The van der Waals surface area contributed by atoms with E-state index in [4.69, 9.17) is 9.47 Å². The van der Waals surface area contributed by atoms with Gasteiger partial charge in [0.15, 0.2) is 0 Å². The first-order valence-corrected chi connectivity index (χ1v) is 8.33. The molecule has 26 heavy (non-hydrogen) atoms. The maximum Gasteiger partial charge on any atom is 0.305 e. The highest BCUT2D eigenvalue weighted by Gasteiger charge is 2.05. The van der Waals surface area contributed by atoms with Crippen LogP contribution in [0.3, 0.4) is 0 Å². The van der Waals surface area contributed by atoms with Crippen molar-refractivity contribution in [3.63, 3.8) is 0 Å². The van der Waals surface area contributed by atoms with Gasteiger partial charge in [0, 0.05) is 19.0 Å². The third kappa shape index (κ3) is 7.16. The lowest BCUT2D eigenvalue weighted by atomic mass is 10.3. The van der Waals surface area contributed by atoms with Crippen LogP contribution in [0.15, 0.2) is 48.7 Å². The summed E-state index contributed by atoms with van der Waals surface area (Å²) in [6, 6.07) is 12.4. The van der Waals surface area contributed by atoms with Gasteiger partial charge in [0.25, 0.3) is 5.69 Å². The van der Waals surface area contributed by atoms with E-state index in [9.17, 15) is 14.9 Å². The molecule has 0 amide bonds. The maximum absolute atomic E-state index is 11.6. The number of benzene rings is 1. The molecule has 0 spiro atoms. The van der Waals surface area contributed by atoms with Crippen molar-refractivity contribution in [1.29, 1.82) is 0 Å². The molecule has 0 radical (unpaired) electrons. The van der Waals surface area contributed by atoms with E-state index in [1.54, 1.807) is 0 Å². The first-order chi connectivity index (χ1) is 12.6. The predicted octanol–water partition coefficient (Wildman–Crippen LogP) is 3.19. The van der Waals surface area contributed by atoms with Gasteiger partial charge >= 0.3 is 5.97 Å². The van der Waals surface area contributed by atoms with Crippen LogP contribution in [0.25, 0.3) is 0 Å². The Morgan fingerprint density at radius 1 is 1.12 bits per heavy atom. The van der Waals surface area contributed by atoms with Crippen molar-refractivity contribution in [2.45, 2.75) is 19.3 Å². The number of anilines is 1. The lowest BCUT2D eigenvalue weighted by Gasteiger charge is -2.07. The van der Waals surface area contributed by atoms with Crippen molar-refractivity contribution in [2.24, 2.45) is 0 Å². The molecule has 2 aromatic rings. The topological polar surface area (TPSA) is 104 Å². The van der Waals surface area contributed by atoms with Crippen molar-refractivity contribution in [3.05, 3.63) is 58.8 Å². The van der Waals surface area contributed by atoms with Crippen LogP contribution in [0.1, 0.15) is 19.3 Å². The van der Waals surface area contributed by atoms with Crippen molar-refractivity contribution < 1.29 is 19.2 Å². The maximum atomic E-state index is 11.6. The van der Waals surface area contributed by atoms with Gasteiger partial charge in [-0.05, 0) is 31.0 Å². The Morgan fingerprint density at radius 2 is 1.92 bits per heavy atom. The molecule has 0 saturated carbocycles. The molecular formula is C18H21N3O5. The van der Waals surface area contributed by atoms with E-state index in [1.165, 1.54) is 18.3 Å². The smallest absolute Gasteiger partial charge is 0.305 e. The number of carbonyl (C=O) groups is 1. The number of esters is 1. The average molecular weight is 359 g/mol. The number of hydrogen-bond acceptors (Lipinski definition) is 7. The normalized spacial score (nSPS) is 10.2. The SMILES string of the molecule is O=C(CCCOc1ccccc1)OCCCNc1ccc([N+](=O)[O-])cn1. The van der Waals surface area contributed by atoms with Gasteiger partial charge in [0.2, 0.25) is 0 Å². The van der Waals surface area contributed by atoms with E-state index in [0.29, 0.717) is 44.8 Å². The van der Waals surface area contributed by atoms with Gasteiger partial charge in [0.05, 0.1) is 18.1 Å². The number of nitrogens with zero attached hydrogens (tertiary/aromatic N) is 2. The summed E-state index contributed by atoms with van der Waals surface area (Å²) in [7, 11) is 0. The van der Waals surface area contributed by atoms with E-state index >= 15 is 0 Å². The molecule has 0 saturated heterocycles. The zero-order chi connectivity index (χ0) is 18.6. The fraction of sp³-hybridized carbons (Fsp3) is 0.333. The number of ether oxygens (including phenoxy) is 2. The molecular weight excluding hydrogens is 338 g/mol. The Hall–Kier alpha value is -3.16. The third-order valence-electron chi connectivity index (χ3n) is 3.39. The Balaban J connectivity index is 1.50. The van der Waals surface area contributed by atoms with Crippen LogP contribution in [0.2, 0.25) is 0 Å². The number of pyridine rings is 1. The van der Waals surface area contributed by atoms with Crippen LogP contribution in [-0.4, -0.2) is 35.6 Å². The molecule has 1 N–H and O–H groups in total. The molecule has 8 nitrogen and oxygen atoms in total. The van der Waals surface area contributed by atoms with Gasteiger partial charge in [-0.3, -0.25) is 14.9 Å². The highest BCUT2D eigenvalue weighted by Crippen LogP contribution is 2.11. The quantitative estimate of drug-likeness (QED) is 0.284. The summed E-state index contributed by atoms with van der Waals surface area (Å²) in [4.78, 5) is 25.6. The molecule has 1 aromatic carbocycles. The third-order valence-corrected chi connectivity index (χ3v) is 3.39. The Bertz CT molecular complexity index is 692. The molecule has 2 rings (SSSR count). The van der Waals surface area contributed by atoms with Crippen LogP contribution in [-0.2, 0) is 9.53 Å². The highest BCUT2D eigenvalue weighted by atomic mass is 16.6. The Labute approximate surface area is 151 Å². The molecule has 1 aromatic heterocycles. The number of hydrogen-bond donors (Lipinski definition) is 1. The Kier molecular flexibility index (Phi) is 7.85. The fourth-order valence-electron chi connectivity index (χ4n) is 2.07. The van der Waals surface area contributed by atoms with Gasteiger partial charge in [-0.15, -0.1) is 0 Å². The zero-order valence-corrected chi connectivity index (χ0v) is 14.3. The van der Waals surface area contributed by atoms with Crippen LogP contribution >= 0.6 is 0 Å². The van der Waals surface area contributed by atoms with Crippen LogP contribution in [0.5, 0.6) is 5.75 Å². The van der Waals surface area contributed by atoms with E-state index in [1.807, 2.05) is 30.3 Å². The largest absolute Gasteiger partial charge is 0.494 e. The summed E-state index contributed by atoms with van der Waals surface area (Å²) in [5.41, 5.74) is -0.0549. The van der Waals surface area contributed by atoms with Crippen molar-refractivity contribution >= 4 is 17.5 Å². The van der Waals surface area contributed by atoms with E-state index in [0.717, 1.165) is 5.75 Å². The van der Waals surface area contributed by atoms with Gasteiger partial charge in [-0.2, -0.15) is 0 Å². The molecule has 0 bridgehead atoms. The van der Waals surface area contributed by atoms with E-state index < -0.39 is 4.92 Å². The molecule has 0 fully saturated rings. The van der Waals surface area contributed by atoms with E-state index in [2.05, 4.69) is 10.3 Å². The summed E-state index contributed by atoms with van der Waals surface area (Å²) >= 11 is 0. The lowest BCUT2D eigenvalue weighted by Crippen LogP contribution is -2.11. The van der Waals surface area contributed by atoms with Crippen LogP contribution in [0.4, 0.5) is 11.5 Å². The average Bonchev–Trinajstić information content (AvgIpc) is 2.66. The van der Waals surface area contributed by atoms with Gasteiger partial charge < -0.3 is 14.8 Å². The predicted molar refractivity (Wildman–Crippen MR) is 96.1 cm³/mol. The van der Waals surface area contributed by atoms with Crippen LogP contribution in [0, 0.1) is 10.1 Å². The molecule has 0 aliphatic carbocycles. The van der Waals surface area contributed by atoms with E-state index in [-0.39, 0.29) is 11.7 Å². The summed E-state index contributed by atoms with van der Waals surface area (Å²) < 4.78 is 10.6. The van der Waals surface area contributed by atoms with Gasteiger partial charge in [0.1, 0.15) is 17.8 Å². The number of aromatic nitrogens is 1. The molecule has 8 heteroatoms. The molecule has 1 heterocycles. The van der Waals surface area contributed by atoms with Gasteiger partial charge in [-0.25, -0.2) is 4.98 Å². The first-order valence-electron chi connectivity index (χ1n) is 8.33. The van der Waals surface area contributed by atoms with Gasteiger partial charge in [-0.1, -0.05) is 18.2 Å². The summed E-state index contributed by atoms with van der Waals surface area (Å²) in [6.07, 6.45) is 2.72. The molecule has 0 aliphatic rings. The summed E-state index contributed by atoms with van der Waals surface area (Å²) in [5, 5.41) is 13.5. The fourth-order valence-corrected chi connectivity index (χ4v) is 2.07. The minimum Gasteiger partial charge on any atom is -0.494 e. The van der Waals surface area contributed by atoms with Crippen molar-refractivity contribution in [2.75, 3.05) is 25.1 Å². The van der Waals surface area contributed by atoms with Crippen molar-refractivity contribution in [3.8, 4) is 5.75 Å². The first kappa shape index (κ1) is 19.2. The minimum absolute atomic E-state index is 0.0549. The number of para-hydroxylation sites is 1. The molecule has 0 unspecified atom stereocenters. The summed E-state index contributed by atoms with van der Waals surface area (Å²) in [5.74, 6) is 1.07. The second kappa shape index (κ2) is 10.7.